The molecule has 5 heteroatoms. The van der Waals surface area contributed by atoms with Crippen molar-refractivity contribution in [2.24, 2.45) is 11.8 Å². The van der Waals surface area contributed by atoms with Gasteiger partial charge in [0.05, 0.1) is 6.61 Å². The Morgan fingerprint density at radius 3 is 2.29 bits per heavy atom. The van der Waals surface area contributed by atoms with Gasteiger partial charge in [0.1, 0.15) is 5.75 Å². The van der Waals surface area contributed by atoms with Crippen LogP contribution in [0.25, 0.3) is 5.57 Å². The molecule has 0 radical (unpaired) electrons. The van der Waals surface area contributed by atoms with Crippen LogP contribution in [0, 0.1) is 11.8 Å². The minimum absolute atomic E-state index is 0.597. The number of nitrogens with zero attached hydrogens (tertiary/aromatic N) is 4. The van der Waals surface area contributed by atoms with Crippen molar-refractivity contribution in [1.29, 1.82) is 0 Å². The summed E-state index contributed by atoms with van der Waals surface area (Å²) in [6, 6.07) is 8.82. The number of allylic oxidation sites excluding steroid dienone is 2. The fourth-order valence-electron chi connectivity index (χ4n) is 5.62. The molecule has 182 valence electrons. The predicted octanol–water partition coefficient (Wildman–Crippen LogP) is 5.61. The van der Waals surface area contributed by atoms with Gasteiger partial charge in [-0.05, 0) is 105 Å². The Labute approximate surface area is 205 Å². The zero-order chi connectivity index (χ0) is 23.2. The third kappa shape index (κ3) is 5.99. The van der Waals surface area contributed by atoms with Gasteiger partial charge in [0.25, 0.3) is 0 Å². The first-order chi connectivity index (χ1) is 16.8. The number of hydrogen-bond acceptors (Lipinski definition) is 5. The molecule has 0 N–H and O–H groups in total. The Morgan fingerprint density at radius 1 is 0.912 bits per heavy atom. The lowest BCUT2D eigenvalue weighted by atomic mass is 9.86. The SMILES string of the molecule is CCc1cnc(N2CCC(COc3ccc(C4=CCC(CN5CCCC5)CC4)cc3)CC2)nc1. The summed E-state index contributed by atoms with van der Waals surface area (Å²) in [5, 5.41) is 0. The quantitative estimate of drug-likeness (QED) is 0.512. The maximum Gasteiger partial charge on any atom is 0.225 e. The number of anilines is 1. The molecule has 1 aromatic carbocycles. The van der Waals surface area contributed by atoms with E-state index in [0.29, 0.717) is 5.92 Å². The standard InChI is InChI=1S/C29H40N4O/c1-2-23-19-30-29(31-20-23)33-17-13-25(14-18-33)22-34-28-11-9-27(10-12-28)26-7-5-24(6-8-26)21-32-15-3-4-16-32/h7,9-12,19-20,24-25H,2-6,8,13-18,21-22H2,1H3. The largest absolute Gasteiger partial charge is 0.493 e. The Bertz CT molecular complexity index is 926. The van der Waals surface area contributed by atoms with Gasteiger partial charge in [-0.3, -0.25) is 0 Å². The summed E-state index contributed by atoms with van der Waals surface area (Å²) in [6.45, 7) is 8.87. The van der Waals surface area contributed by atoms with E-state index >= 15 is 0 Å². The highest BCUT2D eigenvalue weighted by molar-refractivity contribution is 5.66. The van der Waals surface area contributed by atoms with Gasteiger partial charge in [0, 0.05) is 32.0 Å². The number of rotatable bonds is 8. The van der Waals surface area contributed by atoms with Crippen molar-refractivity contribution in [3.05, 3.63) is 53.9 Å². The van der Waals surface area contributed by atoms with Crippen molar-refractivity contribution in [3.63, 3.8) is 0 Å². The fraction of sp³-hybridized carbons (Fsp3) is 0.586. The average Bonchev–Trinajstić information content (AvgIpc) is 3.42. The number of likely N-dealkylation sites (tertiary alicyclic amines) is 1. The van der Waals surface area contributed by atoms with E-state index in [4.69, 9.17) is 4.74 Å². The lowest BCUT2D eigenvalue weighted by Gasteiger charge is -2.31. The van der Waals surface area contributed by atoms with Crippen molar-refractivity contribution in [2.75, 3.05) is 44.2 Å². The number of aromatic nitrogens is 2. The van der Waals surface area contributed by atoms with E-state index in [9.17, 15) is 0 Å². The molecule has 5 rings (SSSR count). The number of aryl methyl sites for hydroxylation is 1. The van der Waals surface area contributed by atoms with Crippen LogP contribution in [0.5, 0.6) is 5.75 Å². The summed E-state index contributed by atoms with van der Waals surface area (Å²) >= 11 is 0. The van der Waals surface area contributed by atoms with Crippen LogP contribution in [0.2, 0.25) is 0 Å². The lowest BCUT2D eigenvalue weighted by Crippen LogP contribution is -2.36. The maximum atomic E-state index is 6.18. The molecule has 34 heavy (non-hydrogen) atoms. The molecule has 2 fully saturated rings. The van der Waals surface area contributed by atoms with E-state index in [2.05, 4.69) is 57.0 Å². The first-order valence-corrected chi connectivity index (χ1v) is 13.5. The molecule has 1 atom stereocenters. The van der Waals surface area contributed by atoms with E-state index < -0.39 is 0 Å². The Balaban J connectivity index is 1.05. The minimum atomic E-state index is 0.597. The average molecular weight is 461 g/mol. The van der Waals surface area contributed by atoms with Gasteiger partial charge in [-0.2, -0.15) is 0 Å². The minimum Gasteiger partial charge on any atom is -0.493 e. The molecule has 3 heterocycles. The second-order valence-electron chi connectivity index (χ2n) is 10.4. The molecule has 0 saturated carbocycles. The molecule has 1 aromatic heterocycles. The second-order valence-corrected chi connectivity index (χ2v) is 10.4. The third-order valence-corrected chi connectivity index (χ3v) is 7.94. The number of benzene rings is 1. The molecule has 0 bridgehead atoms. The van der Waals surface area contributed by atoms with Crippen LogP contribution in [0.4, 0.5) is 5.95 Å². The lowest BCUT2D eigenvalue weighted by molar-refractivity contribution is 0.222. The molecule has 0 spiro atoms. The summed E-state index contributed by atoms with van der Waals surface area (Å²) in [4.78, 5) is 14.1. The van der Waals surface area contributed by atoms with Crippen LogP contribution in [-0.2, 0) is 6.42 Å². The summed E-state index contributed by atoms with van der Waals surface area (Å²) < 4.78 is 6.18. The Kier molecular flexibility index (Phi) is 7.79. The van der Waals surface area contributed by atoms with Crippen molar-refractivity contribution in [2.45, 2.75) is 58.3 Å². The zero-order valence-corrected chi connectivity index (χ0v) is 20.8. The summed E-state index contributed by atoms with van der Waals surface area (Å²) in [7, 11) is 0. The van der Waals surface area contributed by atoms with Crippen LogP contribution in [0.1, 0.15) is 63.0 Å². The Hall–Kier alpha value is -2.40. The smallest absolute Gasteiger partial charge is 0.225 e. The van der Waals surface area contributed by atoms with Crippen molar-refractivity contribution >= 4 is 11.5 Å². The van der Waals surface area contributed by atoms with E-state index in [1.165, 1.54) is 68.4 Å². The molecule has 1 unspecified atom stereocenters. The van der Waals surface area contributed by atoms with Gasteiger partial charge in [-0.15, -0.1) is 0 Å². The molecule has 5 nitrogen and oxygen atoms in total. The molecule has 2 aromatic rings. The highest BCUT2D eigenvalue weighted by Crippen LogP contribution is 2.32. The van der Waals surface area contributed by atoms with Gasteiger partial charge in [0.2, 0.25) is 5.95 Å². The monoisotopic (exact) mass is 460 g/mol. The van der Waals surface area contributed by atoms with Crippen LogP contribution in [0.15, 0.2) is 42.7 Å². The summed E-state index contributed by atoms with van der Waals surface area (Å²) in [5.41, 5.74) is 4.08. The molecule has 3 aliphatic rings. The second kappa shape index (κ2) is 11.4. The molecule has 1 aliphatic carbocycles. The van der Waals surface area contributed by atoms with Gasteiger partial charge in [-0.25, -0.2) is 9.97 Å². The molecule has 0 amide bonds. The van der Waals surface area contributed by atoms with Gasteiger partial charge in [-0.1, -0.05) is 25.1 Å². The van der Waals surface area contributed by atoms with E-state index in [-0.39, 0.29) is 0 Å². The topological polar surface area (TPSA) is 41.5 Å². The van der Waals surface area contributed by atoms with Crippen molar-refractivity contribution in [3.8, 4) is 5.75 Å². The van der Waals surface area contributed by atoms with Crippen LogP contribution >= 0.6 is 0 Å². The number of piperidine rings is 1. The highest BCUT2D eigenvalue weighted by atomic mass is 16.5. The third-order valence-electron chi connectivity index (χ3n) is 7.94. The molecule has 2 saturated heterocycles. The van der Waals surface area contributed by atoms with Gasteiger partial charge in [0.15, 0.2) is 0 Å². The van der Waals surface area contributed by atoms with E-state index in [0.717, 1.165) is 56.6 Å². The first-order valence-electron chi connectivity index (χ1n) is 13.5. The first kappa shape index (κ1) is 23.3. The van der Waals surface area contributed by atoms with Crippen LogP contribution in [-0.4, -0.2) is 54.2 Å². The van der Waals surface area contributed by atoms with Gasteiger partial charge < -0.3 is 14.5 Å². The van der Waals surface area contributed by atoms with Gasteiger partial charge >= 0.3 is 0 Å². The zero-order valence-electron chi connectivity index (χ0n) is 20.8. The molecule has 2 aliphatic heterocycles. The van der Waals surface area contributed by atoms with Crippen LogP contribution < -0.4 is 9.64 Å². The van der Waals surface area contributed by atoms with Crippen molar-refractivity contribution in [1.82, 2.24) is 14.9 Å². The summed E-state index contributed by atoms with van der Waals surface area (Å²) in [5.74, 6) is 3.30. The van der Waals surface area contributed by atoms with E-state index in [1.807, 2.05) is 12.4 Å². The van der Waals surface area contributed by atoms with Crippen LogP contribution in [0.3, 0.4) is 0 Å². The number of ether oxygens (including phenoxy) is 1. The maximum absolute atomic E-state index is 6.18. The number of hydrogen-bond donors (Lipinski definition) is 0. The fourth-order valence-corrected chi connectivity index (χ4v) is 5.62. The predicted molar refractivity (Wildman–Crippen MR) is 139 cm³/mol. The summed E-state index contributed by atoms with van der Waals surface area (Å²) in [6.07, 6.45) is 16.2. The Morgan fingerprint density at radius 2 is 1.65 bits per heavy atom. The van der Waals surface area contributed by atoms with E-state index in [1.54, 1.807) is 0 Å². The van der Waals surface area contributed by atoms with Crippen molar-refractivity contribution < 1.29 is 4.74 Å². The highest BCUT2D eigenvalue weighted by Gasteiger charge is 2.22. The normalized spacial score (nSPS) is 22.1. The molecular weight excluding hydrogens is 420 g/mol. The molecular formula is C29H40N4O.